The molecule has 3 nitrogen and oxygen atoms in total. The highest BCUT2D eigenvalue weighted by Gasteiger charge is 2.09. The number of hydrogen-bond acceptors (Lipinski definition) is 2. The molecule has 0 saturated heterocycles. The monoisotopic (exact) mass is 170 g/mol. The molecule has 0 heterocycles. The van der Waals surface area contributed by atoms with Gasteiger partial charge in [0.15, 0.2) is 0 Å². The molecule has 12 heavy (non-hydrogen) atoms. The molecular weight excluding hydrogens is 152 g/mol. The number of amides is 1. The third-order valence-electron chi connectivity index (χ3n) is 1.68. The van der Waals surface area contributed by atoms with E-state index < -0.39 is 0 Å². The lowest BCUT2D eigenvalue weighted by Crippen LogP contribution is -2.24. The third-order valence-corrected chi connectivity index (χ3v) is 1.68. The van der Waals surface area contributed by atoms with Gasteiger partial charge in [0.05, 0.1) is 0 Å². The second kappa shape index (κ2) is 5.63. The number of nitrogens with zero attached hydrogens (tertiary/aromatic N) is 1. The average molecular weight is 170 g/mol. The van der Waals surface area contributed by atoms with Gasteiger partial charge in [0.1, 0.15) is 0 Å². The molecule has 1 amide bonds. The Kier molecular flexibility index (Phi) is 5.17. The van der Waals surface area contributed by atoms with Gasteiger partial charge < -0.3 is 10.6 Å². The molecule has 2 N–H and O–H groups in total. The van der Waals surface area contributed by atoms with Crippen LogP contribution in [0.1, 0.15) is 26.2 Å². The molecule has 0 aromatic heterocycles. The zero-order valence-electron chi connectivity index (χ0n) is 8.13. The van der Waals surface area contributed by atoms with Crippen molar-refractivity contribution in [3.8, 4) is 0 Å². The molecule has 3 heteroatoms. The predicted molar refractivity (Wildman–Crippen MR) is 50.5 cm³/mol. The Morgan fingerprint density at radius 1 is 1.50 bits per heavy atom. The lowest BCUT2D eigenvalue weighted by atomic mass is 10.1. The van der Waals surface area contributed by atoms with Gasteiger partial charge >= 0.3 is 0 Å². The highest BCUT2D eigenvalue weighted by Crippen LogP contribution is 2.07. The minimum absolute atomic E-state index is 0.0194. The number of likely N-dealkylation sites (N-methyl/N-ethyl adjacent to an activating group) is 1. The first kappa shape index (κ1) is 11.0. The lowest BCUT2D eigenvalue weighted by Gasteiger charge is -2.12. The van der Waals surface area contributed by atoms with Crippen molar-refractivity contribution in [1.82, 2.24) is 4.90 Å². The summed E-state index contributed by atoms with van der Waals surface area (Å²) >= 11 is 0. The average Bonchev–Trinajstić information content (AvgIpc) is 2.05. The van der Waals surface area contributed by atoms with E-state index in [4.69, 9.17) is 5.73 Å². The largest absolute Gasteiger partial charge is 0.404 e. The molecule has 0 fully saturated rings. The number of hydrogen-bond donors (Lipinski definition) is 1. The lowest BCUT2D eigenvalue weighted by molar-refractivity contribution is -0.124. The van der Waals surface area contributed by atoms with Crippen molar-refractivity contribution in [2.75, 3.05) is 14.1 Å². The van der Waals surface area contributed by atoms with Crippen molar-refractivity contribution in [2.45, 2.75) is 26.2 Å². The molecule has 0 rings (SSSR count). The predicted octanol–water partition coefficient (Wildman–Crippen LogP) is 1.11. The van der Waals surface area contributed by atoms with Crippen LogP contribution in [-0.2, 0) is 4.79 Å². The molecule has 0 radical (unpaired) electrons. The summed E-state index contributed by atoms with van der Waals surface area (Å²) in [5.74, 6) is 0.0194. The summed E-state index contributed by atoms with van der Waals surface area (Å²) in [6.07, 6.45) is 4.29. The highest BCUT2D eigenvalue weighted by molar-refractivity contribution is 5.92. The fourth-order valence-corrected chi connectivity index (χ4v) is 0.916. The van der Waals surface area contributed by atoms with E-state index in [1.807, 2.05) is 0 Å². The van der Waals surface area contributed by atoms with Crippen molar-refractivity contribution in [3.63, 3.8) is 0 Å². The fourth-order valence-electron chi connectivity index (χ4n) is 0.916. The van der Waals surface area contributed by atoms with E-state index in [2.05, 4.69) is 6.92 Å². The van der Waals surface area contributed by atoms with Gasteiger partial charge in [0.25, 0.3) is 5.91 Å². The van der Waals surface area contributed by atoms with Crippen LogP contribution in [0.4, 0.5) is 0 Å². The van der Waals surface area contributed by atoms with Crippen LogP contribution in [0.2, 0.25) is 0 Å². The molecule has 0 aliphatic heterocycles. The Balaban J connectivity index is 4.08. The highest BCUT2D eigenvalue weighted by atomic mass is 16.2. The Morgan fingerprint density at radius 3 is 2.42 bits per heavy atom. The van der Waals surface area contributed by atoms with Crippen molar-refractivity contribution in [1.29, 1.82) is 0 Å². The van der Waals surface area contributed by atoms with Crippen LogP contribution in [0, 0.1) is 0 Å². The molecule has 70 valence electrons. The summed E-state index contributed by atoms with van der Waals surface area (Å²) in [6, 6.07) is 0. The van der Waals surface area contributed by atoms with E-state index in [9.17, 15) is 4.79 Å². The van der Waals surface area contributed by atoms with E-state index >= 15 is 0 Å². The van der Waals surface area contributed by atoms with Crippen molar-refractivity contribution >= 4 is 5.91 Å². The van der Waals surface area contributed by atoms with Gasteiger partial charge in [0.2, 0.25) is 0 Å². The van der Waals surface area contributed by atoms with E-state index in [1.54, 1.807) is 19.0 Å². The summed E-state index contributed by atoms with van der Waals surface area (Å²) in [5, 5.41) is 0. The smallest absolute Gasteiger partial charge is 0.250 e. The van der Waals surface area contributed by atoms with E-state index in [1.165, 1.54) is 6.20 Å². The SMILES string of the molecule is CCCCC(=CN)C(=O)N(C)C. The standard InChI is InChI=1S/C9H18N2O/c1-4-5-6-8(7-10)9(12)11(2)3/h7H,4-6,10H2,1-3H3. The maximum atomic E-state index is 11.4. The first-order valence-electron chi connectivity index (χ1n) is 4.25. The normalized spacial score (nSPS) is 11.4. The van der Waals surface area contributed by atoms with Gasteiger partial charge in [-0.25, -0.2) is 0 Å². The van der Waals surface area contributed by atoms with Crippen LogP contribution in [-0.4, -0.2) is 24.9 Å². The summed E-state index contributed by atoms with van der Waals surface area (Å²) < 4.78 is 0. The van der Waals surface area contributed by atoms with Crippen LogP contribution >= 0.6 is 0 Å². The van der Waals surface area contributed by atoms with Crippen LogP contribution in [0.3, 0.4) is 0 Å². The second-order valence-corrected chi connectivity index (χ2v) is 3.00. The molecule has 0 atom stereocenters. The first-order chi connectivity index (χ1) is 5.63. The van der Waals surface area contributed by atoms with Crippen LogP contribution in [0.25, 0.3) is 0 Å². The van der Waals surface area contributed by atoms with Crippen molar-refractivity contribution < 1.29 is 4.79 Å². The minimum atomic E-state index is 0.0194. The molecule has 0 unspecified atom stereocenters. The summed E-state index contributed by atoms with van der Waals surface area (Å²) in [5.41, 5.74) is 6.05. The number of rotatable bonds is 4. The molecule has 0 spiro atoms. The number of nitrogens with two attached hydrogens (primary N) is 1. The van der Waals surface area contributed by atoms with Crippen LogP contribution in [0.5, 0.6) is 0 Å². The Labute approximate surface area is 74.2 Å². The fraction of sp³-hybridized carbons (Fsp3) is 0.667. The van der Waals surface area contributed by atoms with Gasteiger partial charge in [-0.15, -0.1) is 0 Å². The Bertz CT molecular complexity index is 173. The second-order valence-electron chi connectivity index (χ2n) is 3.00. The molecule has 0 saturated carbocycles. The van der Waals surface area contributed by atoms with Gasteiger partial charge in [-0.05, 0) is 12.8 Å². The quantitative estimate of drug-likeness (QED) is 0.642. The topological polar surface area (TPSA) is 46.3 Å². The summed E-state index contributed by atoms with van der Waals surface area (Å²) in [7, 11) is 3.47. The van der Waals surface area contributed by atoms with Gasteiger partial charge in [-0.2, -0.15) is 0 Å². The van der Waals surface area contributed by atoms with E-state index in [-0.39, 0.29) is 5.91 Å². The maximum absolute atomic E-state index is 11.4. The van der Waals surface area contributed by atoms with Gasteiger partial charge in [0, 0.05) is 25.9 Å². The summed E-state index contributed by atoms with van der Waals surface area (Å²) in [4.78, 5) is 12.9. The Morgan fingerprint density at radius 2 is 2.08 bits per heavy atom. The van der Waals surface area contributed by atoms with Crippen molar-refractivity contribution in [3.05, 3.63) is 11.8 Å². The molecule has 0 bridgehead atoms. The molecule has 0 aliphatic carbocycles. The Hall–Kier alpha value is -0.990. The van der Waals surface area contributed by atoms with Gasteiger partial charge in [-0.1, -0.05) is 13.3 Å². The molecular formula is C9H18N2O. The summed E-state index contributed by atoms with van der Waals surface area (Å²) in [6.45, 7) is 2.09. The number of unbranched alkanes of at least 4 members (excludes halogenated alkanes) is 1. The van der Waals surface area contributed by atoms with Gasteiger partial charge in [-0.3, -0.25) is 4.79 Å². The van der Waals surface area contributed by atoms with Crippen molar-refractivity contribution in [2.24, 2.45) is 5.73 Å². The zero-order chi connectivity index (χ0) is 9.56. The third kappa shape index (κ3) is 3.42. The molecule has 0 aromatic rings. The first-order valence-corrected chi connectivity index (χ1v) is 4.25. The molecule has 0 aliphatic rings. The zero-order valence-corrected chi connectivity index (χ0v) is 8.13. The van der Waals surface area contributed by atoms with E-state index in [0.717, 1.165) is 19.3 Å². The molecule has 0 aromatic carbocycles. The number of carbonyl (C=O) groups excluding carboxylic acids is 1. The van der Waals surface area contributed by atoms with E-state index in [0.29, 0.717) is 5.57 Å². The van der Waals surface area contributed by atoms with Crippen LogP contribution in [0.15, 0.2) is 11.8 Å². The maximum Gasteiger partial charge on any atom is 0.250 e. The number of carbonyl (C=O) groups is 1. The minimum Gasteiger partial charge on any atom is -0.404 e. The van der Waals surface area contributed by atoms with Crippen LogP contribution < -0.4 is 5.73 Å².